The predicted molar refractivity (Wildman–Crippen MR) is 99.3 cm³/mol. The van der Waals surface area contributed by atoms with Crippen LogP contribution in [0.3, 0.4) is 0 Å². The van der Waals surface area contributed by atoms with E-state index in [1.54, 1.807) is 12.1 Å². The molecule has 1 aromatic carbocycles. The second-order valence-corrected chi connectivity index (χ2v) is 6.15. The Hall–Kier alpha value is 0.130. The molecule has 1 saturated carbocycles. The first-order valence-electron chi connectivity index (χ1n) is 6.25. The van der Waals surface area contributed by atoms with E-state index in [1.165, 1.54) is 0 Å². The molecule has 2 rings (SSSR count). The Balaban J connectivity index is 0.000000956. The molecule has 1 unspecified atom stereocenters. The highest BCUT2D eigenvalue weighted by Crippen LogP contribution is 2.47. The smallest absolute Gasteiger partial charge is 0.158 e. The monoisotopic (exact) mass is 515 g/mol. The van der Waals surface area contributed by atoms with Gasteiger partial charge < -0.3 is 0 Å². The molecular weight excluding hydrogens is 499 g/mol. The molecule has 0 bridgehead atoms. The van der Waals surface area contributed by atoms with Crippen molar-refractivity contribution in [1.29, 1.82) is 5.26 Å². The van der Waals surface area contributed by atoms with Crippen molar-refractivity contribution in [2.24, 2.45) is 10.8 Å². The summed E-state index contributed by atoms with van der Waals surface area (Å²) in [6.45, 7) is 3.85. The molecule has 0 aliphatic heterocycles. The van der Waals surface area contributed by atoms with Gasteiger partial charge in [-0.15, -0.1) is 0 Å². The van der Waals surface area contributed by atoms with Crippen molar-refractivity contribution in [2.45, 2.75) is 33.1 Å². The van der Waals surface area contributed by atoms with Crippen LogP contribution in [0.5, 0.6) is 0 Å². The van der Waals surface area contributed by atoms with Gasteiger partial charge in [0, 0.05) is 47.7 Å². The first-order chi connectivity index (χ1) is 9.39. The standard InChI is InChI=1S/C15H16ClNO.I2/c1-14(2)7-8-15(10-17,13(14)18)9-11-3-5-12(16)6-4-11;1-2/h3-6H,7-9H2,1-2H3;. The molecule has 1 aromatic rings. The number of nitrogens with zero attached hydrogens (tertiary/aromatic N) is 1. The Morgan fingerprint density at radius 3 is 2.20 bits per heavy atom. The summed E-state index contributed by atoms with van der Waals surface area (Å²) < 4.78 is 0. The molecule has 1 aliphatic carbocycles. The van der Waals surface area contributed by atoms with Crippen LogP contribution in [0, 0.1) is 22.2 Å². The number of hydrogen-bond acceptors (Lipinski definition) is 2. The normalized spacial score (nSPS) is 23.7. The Bertz CT molecular complexity index is 522. The van der Waals surface area contributed by atoms with Crippen LogP contribution in [0.15, 0.2) is 24.3 Å². The van der Waals surface area contributed by atoms with Crippen LogP contribution in [0.2, 0.25) is 5.02 Å². The van der Waals surface area contributed by atoms with Crippen LogP contribution in [0.1, 0.15) is 32.3 Å². The third-order valence-electron chi connectivity index (χ3n) is 3.86. The molecule has 20 heavy (non-hydrogen) atoms. The molecule has 1 fully saturated rings. The van der Waals surface area contributed by atoms with Crippen molar-refractivity contribution in [3.05, 3.63) is 34.9 Å². The fourth-order valence-electron chi connectivity index (χ4n) is 2.67. The number of benzene rings is 1. The molecule has 0 saturated heterocycles. The van der Waals surface area contributed by atoms with Gasteiger partial charge in [-0.3, -0.25) is 4.79 Å². The van der Waals surface area contributed by atoms with Gasteiger partial charge in [-0.2, -0.15) is 5.26 Å². The van der Waals surface area contributed by atoms with Crippen molar-refractivity contribution < 1.29 is 4.79 Å². The molecule has 0 aromatic heterocycles. The van der Waals surface area contributed by atoms with E-state index in [-0.39, 0.29) is 11.2 Å². The lowest BCUT2D eigenvalue weighted by Crippen LogP contribution is -2.33. The van der Waals surface area contributed by atoms with Crippen LogP contribution in [0.25, 0.3) is 0 Å². The fraction of sp³-hybridized carbons (Fsp3) is 0.467. The second kappa shape index (κ2) is 7.41. The van der Waals surface area contributed by atoms with Crippen LogP contribution in [-0.2, 0) is 11.2 Å². The number of halogens is 3. The lowest BCUT2D eigenvalue weighted by Gasteiger charge is -2.22. The average Bonchev–Trinajstić information content (AvgIpc) is 2.68. The van der Waals surface area contributed by atoms with E-state index in [0.29, 0.717) is 17.9 Å². The molecule has 0 amide bonds. The number of ketones is 1. The van der Waals surface area contributed by atoms with E-state index in [1.807, 2.05) is 26.0 Å². The third kappa shape index (κ3) is 3.86. The number of carbonyl (C=O) groups is 1. The zero-order valence-electron chi connectivity index (χ0n) is 11.4. The van der Waals surface area contributed by atoms with Crippen molar-refractivity contribution in [1.82, 2.24) is 0 Å². The molecule has 0 N–H and O–H groups in total. The minimum Gasteiger partial charge on any atom is -0.297 e. The average molecular weight is 516 g/mol. The van der Waals surface area contributed by atoms with Gasteiger partial charge in [0.1, 0.15) is 5.41 Å². The van der Waals surface area contributed by atoms with Crippen molar-refractivity contribution in [2.75, 3.05) is 0 Å². The zero-order chi connectivity index (χ0) is 15.4. The fourth-order valence-corrected chi connectivity index (χ4v) is 2.79. The second-order valence-electron chi connectivity index (χ2n) is 5.71. The van der Waals surface area contributed by atoms with E-state index in [0.717, 1.165) is 12.0 Å². The summed E-state index contributed by atoms with van der Waals surface area (Å²) in [6.07, 6.45) is 1.92. The van der Waals surface area contributed by atoms with Crippen LogP contribution in [-0.4, -0.2) is 5.78 Å². The Morgan fingerprint density at radius 2 is 1.80 bits per heavy atom. The van der Waals surface area contributed by atoms with Gasteiger partial charge in [0.2, 0.25) is 0 Å². The van der Waals surface area contributed by atoms with Gasteiger partial charge in [-0.1, -0.05) is 37.6 Å². The predicted octanol–water partition coefficient (Wildman–Crippen LogP) is 5.55. The van der Waals surface area contributed by atoms with Crippen LogP contribution < -0.4 is 0 Å². The van der Waals surface area contributed by atoms with Gasteiger partial charge in [0.15, 0.2) is 5.78 Å². The molecule has 5 heteroatoms. The number of rotatable bonds is 2. The highest BCUT2D eigenvalue weighted by Gasteiger charge is 2.52. The highest BCUT2D eigenvalue weighted by molar-refractivity contribution is 15.0. The van der Waals surface area contributed by atoms with Crippen LogP contribution in [0.4, 0.5) is 0 Å². The number of nitriles is 1. The van der Waals surface area contributed by atoms with Crippen molar-refractivity contribution in [3.8, 4) is 6.07 Å². The molecule has 2 nitrogen and oxygen atoms in total. The molecule has 0 heterocycles. The summed E-state index contributed by atoms with van der Waals surface area (Å²) in [6, 6.07) is 9.64. The van der Waals surface area contributed by atoms with E-state index < -0.39 is 5.41 Å². The molecule has 1 aliphatic rings. The van der Waals surface area contributed by atoms with E-state index in [9.17, 15) is 10.1 Å². The maximum atomic E-state index is 12.4. The largest absolute Gasteiger partial charge is 0.297 e. The van der Waals surface area contributed by atoms with E-state index in [2.05, 4.69) is 43.3 Å². The quantitative estimate of drug-likeness (QED) is 0.485. The Kier molecular flexibility index (Phi) is 6.74. The van der Waals surface area contributed by atoms with Gasteiger partial charge in [-0.05, 0) is 37.0 Å². The topological polar surface area (TPSA) is 40.9 Å². The Labute approximate surface area is 148 Å². The van der Waals surface area contributed by atoms with Gasteiger partial charge in [0.25, 0.3) is 0 Å². The minimum absolute atomic E-state index is 0.0763. The molecule has 1 atom stereocenters. The third-order valence-corrected chi connectivity index (χ3v) is 4.11. The first-order valence-corrected chi connectivity index (χ1v) is 12.9. The van der Waals surface area contributed by atoms with Gasteiger partial charge in [0.05, 0.1) is 6.07 Å². The summed E-state index contributed by atoms with van der Waals surface area (Å²) in [5.74, 6) is 0.0763. The van der Waals surface area contributed by atoms with E-state index >= 15 is 0 Å². The maximum Gasteiger partial charge on any atom is 0.158 e. The Morgan fingerprint density at radius 1 is 1.25 bits per heavy atom. The van der Waals surface area contributed by atoms with Gasteiger partial charge in [-0.25, -0.2) is 0 Å². The summed E-state index contributed by atoms with van der Waals surface area (Å²) in [5.41, 5.74) is -0.230. The number of hydrogen-bond donors (Lipinski definition) is 0. The zero-order valence-corrected chi connectivity index (χ0v) is 16.5. The maximum absolute atomic E-state index is 12.4. The number of carbonyl (C=O) groups excluding carboxylic acids is 1. The summed E-state index contributed by atoms with van der Waals surface area (Å²) in [5, 5.41) is 10.1. The lowest BCUT2D eigenvalue weighted by atomic mass is 9.77. The molecule has 0 radical (unpaired) electrons. The SMILES string of the molecule is CC1(C)CCC(C#N)(Cc2ccc(Cl)cc2)C1=O.II. The summed E-state index contributed by atoms with van der Waals surface area (Å²) >= 11 is 10.1. The molecule has 0 spiro atoms. The summed E-state index contributed by atoms with van der Waals surface area (Å²) in [4.78, 5) is 12.4. The lowest BCUT2D eigenvalue weighted by molar-refractivity contribution is -0.130. The molecular formula is C15H16ClI2NO. The highest BCUT2D eigenvalue weighted by atomic mass is 128. The minimum atomic E-state index is -0.850. The van der Waals surface area contributed by atoms with E-state index in [4.69, 9.17) is 11.6 Å². The van der Waals surface area contributed by atoms with Crippen molar-refractivity contribution >= 4 is 54.6 Å². The van der Waals surface area contributed by atoms with Gasteiger partial charge >= 0.3 is 0 Å². The first kappa shape index (κ1) is 18.2. The van der Waals surface area contributed by atoms with Crippen LogP contribution >= 0.6 is 48.8 Å². The summed E-state index contributed by atoms with van der Waals surface area (Å²) in [7, 11) is 0. The number of Topliss-reactive ketones (excluding diaryl/α,β-unsaturated/α-hetero) is 1. The van der Waals surface area contributed by atoms with Crippen molar-refractivity contribution in [3.63, 3.8) is 0 Å². The molecule has 108 valence electrons.